The zero-order valence-electron chi connectivity index (χ0n) is 9.55. The van der Waals surface area contributed by atoms with E-state index in [1.165, 1.54) is 6.20 Å². The largest absolute Gasteiger partial charge is 0.496 e. The molecule has 0 amide bonds. The Morgan fingerprint density at radius 2 is 2.06 bits per heavy atom. The van der Waals surface area contributed by atoms with Crippen LogP contribution >= 0.6 is 0 Å². The molecule has 88 valence electrons. The van der Waals surface area contributed by atoms with Gasteiger partial charge in [0.1, 0.15) is 17.4 Å². The van der Waals surface area contributed by atoms with Gasteiger partial charge in [-0.1, -0.05) is 18.2 Å². The molecule has 0 bridgehead atoms. The molecule has 1 aromatic carbocycles. The lowest BCUT2D eigenvalue weighted by Gasteiger charge is -2.09. The molecule has 0 aliphatic carbocycles. The minimum Gasteiger partial charge on any atom is -0.496 e. The maximum atomic E-state index is 5.46. The lowest BCUT2D eigenvalue weighted by Crippen LogP contribution is -2.04. The maximum Gasteiger partial charge on any atom is 0.144 e. The van der Waals surface area contributed by atoms with Crippen LogP contribution in [0.25, 0.3) is 0 Å². The van der Waals surface area contributed by atoms with E-state index in [9.17, 15) is 0 Å². The van der Waals surface area contributed by atoms with Crippen molar-refractivity contribution in [1.29, 1.82) is 0 Å². The number of anilines is 2. The Labute approximate surface area is 99.7 Å². The molecule has 0 fully saturated rings. The molecule has 0 unspecified atom stereocenters. The molecule has 1 aromatic heterocycles. The van der Waals surface area contributed by atoms with Gasteiger partial charge >= 0.3 is 0 Å². The molecule has 0 radical (unpaired) electrons. The van der Waals surface area contributed by atoms with E-state index in [4.69, 9.17) is 10.5 Å². The predicted molar refractivity (Wildman–Crippen MR) is 66.8 cm³/mol. The monoisotopic (exact) mass is 230 g/mol. The average molecular weight is 230 g/mol. The van der Waals surface area contributed by atoms with Crippen molar-refractivity contribution >= 4 is 11.6 Å². The summed E-state index contributed by atoms with van der Waals surface area (Å²) in [6.45, 7) is 0.628. The second-order valence-electron chi connectivity index (χ2n) is 3.49. The van der Waals surface area contributed by atoms with Crippen LogP contribution in [0.4, 0.5) is 11.6 Å². The summed E-state index contributed by atoms with van der Waals surface area (Å²) < 4.78 is 5.26. The fourth-order valence-electron chi connectivity index (χ4n) is 1.46. The van der Waals surface area contributed by atoms with Crippen LogP contribution in [0.15, 0.2) is 36.7 Å². The Balaban J connectivity index is 2.04. The number of nitrogens with zero attached hydrogens (tertiary/aromatic N) is 2. The molecule has 2 rings (SSSR count). The van der Waals surface area contributed by atoms with Crippen LogP contribution in [0.1, 0.15) is 5.56 Å². The SMILES string of the molecule is COc1ccccc1CNc1cnc(N)cn1. The van der Waals surface area contributed by atoms with Crippen LogP contribution in [-0.2, 0) is 6.54 Å². The first-order valence-corrected chi connectivity index (χ1v) is 5.23. The molecule has 0 spiro atoms. The standard InChI is InChI=1S/C12H14N4O/c1-17-10-5-3-2-4-9(10)6-15-12-8-14-11(13)7-16-12/h2-5,7-8H,6H2,1H3,(H2,13,14)(H,15,16). The molecule has 0 saturated heterocycles. The molecule has 0 aliphatic rings. The van der Waals surface area contributed by atoms with E-state index >= 15 is 0 Å². The van der Waals surface area contributed by atoms with Crippen molar-refractivity contribution in [2.24, 2.45) is 0 Å². The van der Waals surface area contributed by atoms with Gasteiger partial charge in [0.05, 0.1) is 19.5 Å². The first-order valence-electron chi connectivity index (χ1n) is 5.23. The number of nitrogen functional groups attached to an aromatic ring is 1. The summed E-state index contributed by atoms with van der Waals surface area (Å²) in [4.78, 5) is 8.06. The Kier molecular flexibility index (Phi) is 3.40. The van der Waals surface area contributed by atoms with Gasteiger partial charge in [-0.05, 0) is 6.07 Å². The van der Waals surface area contributed by atoms with Crippen molar-refractivity contribution in [2.45, 2.75) is 6.54 Å². The smallest absolute Gasteiger partial charge is 0.144 e. The van der Waals surface area contributed by atoms with Crippen molar-refractivity contribution in [3.63, 3.8) is 0 Å². The van der Waals surface area contributed by atoms with Gasteiger partial charge in [-0.25, -0.2) is 9.97 Å². The van der Waals surface area contributed by atoms with Crippen LogP contribution in [0.2, 0.25) is 0 Å². The van der Waals surface area contributed by atoms with Crippen molar-refractivity contribution < 1.29 is 4.74 Å². The van der Waals surface area contributed by atoms with E-state index in [-0.39, 0.29) is 0 Å². The topological polar surface area (TPSA) is 73.1 Å². The lowest BCUT2D eigenvalue weighted by atomic mass is 10.2. The van der Waals surface area contributed by atoms with Gasteiger partial charge in [0.15, 0.2) is 0 Å². The second kappa shape index (κ2) is 5.16. The normalized spacial score (nSPS) is 9.94. The minimum atomic E-state index is 0.410. The number of aromatic nitrogens is 2. The van der Waals surface area contributed by atoms with E-state index in [2.05, 4.69) is 15.3 Å². The average Bonchev–Trinajstić information content (AvgIpc) is 2.38. The summed E-state index contributed by atoms with van der Waals surface area (Å²) in [7, 11) is 1.65. The van der Waals surface area contributed by atoms with Crippen LogP contribution in [0.3, 0.4) is 0 Å². The zero-order valence-corrected chi connectivity index (χ0v) is 9.55. The lowest BCUT2D eigenvalue weighted by molar-refractivity contribution is 0.410. The third-order valence-corrected chi connectivity index (χ3v) is 2.32. The number of nitrogens with two attached hydrogens (primary N) is 1. The highest BCUT2D eigenvalue weighted by Gasteiger charge is 2.01. The Morgan fingerprint density at radius 1 is 1.24 bits per heavy atom. The van der Waals surface area contributed by atoms with Gasteiger partial charge in [0.2, 0.25) is 0 Å². The van der Waals surface area contributed by atoms with Gasteiger partial charge in [-0.2, -0.15) is 0 Å². The predicted octanol–water partition coefficient (Wildman–Crippen LogP) is 1.68. The summed E-state index contributed by atoms with van der Waals surface area (Å²) in [5, 5.41) is 3.15. The number of benzene rings is 1. The van der Waals surface area contributed by atoms with Crippen molar-refractivity contribution in [3.05, 3.63) is 42.2 Å². The van der Waals surface area contributed by atoms with E-state index in [1.807, 2.05) is 24.3 Å². The van der Waals surface area contributed by atoms with Crippen LogP contribution in [-0.4, -0.2) is 17.1 Å². The molecular formula is C12H14N4O. The highest BCUT2D eigenvalue weighted by atomic mass is 16.5. The molecule has 17 heavy (non-hydrogen) atoms. The summed E-state index contributed by atoms with van der Waals surface area (Å²) >= 11 is 0. The number of ether oxygens (including phenoxy) is 1. The summed E-state index contributed by atoms with van der Waals surface area (Å²) in [5.74, 6) is 1.95. The first kappa shape index (κ1) is 11.2. The Bertz CT molecular complexity index is 484. The molecule has 0 saturated carbocycles. The van der Waals surface area contributed by atoms with E-state index in [0.717, 1.165) is 11.3 Å². The number of methoxy groups -OCH3 is 1. The van der Waals surface area contributed by atoms with Crippen molar-refractivity contribution in [2.75, 3.05) is 18.2 Å². The van der Waals surface area contributed by atoms with Gasteiger partial charge in [-0.3, -0.25) is 0 Å². The highest BCUT2D eigenvalue weighted by Crippen LogP contribution is 2.18. The van der Waals surface area contributed by atoms with Crippen molar-refractivity contribution in [1.82, 2.24) is 9.97 Å². The van der Waals surface area contributed by atoms with E-state index in [0.29, 0.717) is 18.2 Å². The molecular weight excluding hydrogens is 216 g/mol. The molecule has 3 N–H and O–H groups in total. The van der Waals surface area contributed by atoms with E-state index < -0.39 is 0 Å². The summed E-state index contributed by atoms with van der Waals surface area (Å²) in [5.41, 5.74) is 6.52. The fraction of sp³-hybridized carbons (Fsp3) is 0.167. The van der Waals surface area contributed by atoms with Gasteiger partial charge in [0, 0.05) is 12.1 Å². The number of para-hydroxylation sites is 1. The maximum absolute atomic E-state index is 5.46. The van der Waals surface area contributed by atoms with E-state index in [1.54, 1.807) is 13.3 Å². The number of nitrogens with one attached hydrogen (secondary N) is 1. The van der Waals surface area contributed by atoms with Crippen LogP contribution in [0.5, 0.6) is 5.75 Å². The fourth-order valence-corrected chi connectivity index (χ4v) is 1.46. The molecule has 1 heterocycles. The summed E-state index contributed by atoms with van der Waals surface area (Å²) in [6, 6.07) is 7.82. The first-order chi connectivity index (χ1) is 8.29. The van der Waals surface area contributed by atoms with Gasteiger partial charge in [0.25, 0.3) is 0 Å². The number of hydrogen-bond donors (Lipinski definition) is 2. The third-order valence-electron chi connectivity index (χ3n) is 2.32. The minimum absolute atomic E-state index is 0.410. The van der Waals surface area contributed by atoms with Crippen LogP contribution < -0.4 is 15.8 Å². The van der Waals surface area contributed by atoms with Gasteiger partial charge < -0.3 is 15.8 Å². The second-order valence-corrected chi connectivity index (χ2v) is 3.49. The zero-order chi connectivity index (χ0) is 12.1. The molecule has 0 aliphatic heterocycles. The van der Waals surface area contributed by atoms with Crippen LogP contribution in [0, 0.1) is 0 Å². The third kappa shape index (κ3) is 2.84. The summed E-state index contributed by atoms with van der Waals surface area (Å²) in [6.07, 6.45) is 3.12. The quantitative estimate of drug-likeness (QED) is 0.836. The number of hydrogen-bond acceptors (Lipinski definition) is 5. The molecule has 0 atom stereocenters. The Morgan fingerprint density at radius 3 is 2.76 bits per heavy atom. The molecule has 2 aromatic rings. The highest BCUT2D eigenvalue weighted by molar-refractivity contribution is 5.40. The van der Waals surface area contributed by atoms with Crippen molar-refractivity contribution in [3.8, 4) is 5.75 Å². The molecule has 5 nitrogen and oxygen atoms in total. The van der Waals surface area contributed by atoms with Gasteiger partial charge in [-0.15, -0.1) is 0 Å². The Hall–Kier alpha value is -2.30. The molecule has 5 heteroatoms. The number of rotatable bonds is 4.